The molecule has 1 heterocycles. The van der Waals surface area contributed by atoms with Crippen molar-refractivity contribution in [1.29, 1.82) is 0 Å². The Hall–Kier alpha value is -0.0800. The molecule has 2 unspecified atom stereocenters. The molecule has 2 nitrogen and oxygen atoms in total. The van der Waals surface area contributed by atoms with E-state index < -0.39 is 0 Å². The molecule has 2 atom stereocenters. The van der Waals surface area contributed by atoms with Crippen molar-refractivity contribution in [2.45, 2.75) is 32.0 Å². The summed E-state index contributed by atoms with van der Waals surface area (Å²) in [6.07, 6.45) is 3.54. The molecule has 1 aliphatic rings. The van der Waals surface area contributed by atoms with Crippen molar-refractivity contribution in [3.05, 3.63) is 0 Å². The second-order valence-corrected chi connectivity index (χ2v) is 3.21. The van der Waals surface area contributed by atoms with Gasteiger partial charge in [0.2, 0.25) is 0 Å². The third-order valence-corrected chi connectivity index (χ3v) is 1.95. The minimum Gasteiger partial charge on any atom is -0.370 e. The van der Waals surface area contributed by atoms with Crippen LogP contribution in [-0.4, -0.2) is 37.7 Å². The van der Waals surface area contributed by atoms with Gasteiger partial charge in [-0.05, 0) is 26.9 Å². The first kappa shape index (κ1) is 8.02. The standard InChI is InChI=1S/C8H17NO/c1-4-7-8(10-7)5-6-9(2)3/h7-8H,4-6H2,1-3H3. The van der Waals surface area contributed by atoms with E-state index in [1.165, 1.54) is 12.8 Å². The van der Waals surface area contributed by atoms with Gasteiger partial charge < -0.3 is 9.64 Å². The average Bonchev–Trinajstić information content (AvgIpc) is 2.61. The van der Waals surface area contributed by atoms with Gasteiger partial charge in [-0.1, -0.05) is 6.92 Å². The third-order valence-electron chi connectivity index (χ3n) is 1.95. The van der Waals surface area contributed by atoms with Crippen molar-refractivity contribution in [3.8, 4) is 0 Å². The van der Waals surface area contributed by atoms with Crippen molar-refractivity contribution < 1.29 is 4.74 Å². The molecule has 1 aliphatic heterocycles. The third kappa shape index (κ3) is 2.27. The van der Waals surface area contributed by atoms with Gasteiger partial charge in [0, 0.05) is 6.54 Å². The fourth-order valence-electron chi connectivity index (χ4n) is 1.18. The highest BCUT2D eigenvalue weighted by atomic mass is 16.6. The Morgan fingerprint density at radius 3 is 2.40 bits per heavy atom. The van der Waals surface area contributed by atoms with E-state index in [4.69, 9.17) is 4.74 Å². The molecule has 0 aromatic heterocycles. The SMILES string of the molecule is CCC1OC1CCN(C)C. The first-order chi connectivity index (χ1) is 4.74. The molecule has 0 saturated carbocycles. The summed E-state index contributed by atoms with van der Waals surface area (Å²) < 4.78 is 5.39. The van der Waals surface area contributed by atoms with E-state index in [1.54, 1.807) is 0 Å². The van der Waals surface area contributed by atoms with Gasteiger partial charge in [0.05, 0.1) is 12.2 Å². The van der Waals surface area contributed by atoms with Crippen LogP contribution < -0.4 is 0 Å². The Balaban J connectivity index is 1.96. The van der Waals surface area contributed by atoms with Crippen molar-refractivity contribution in [3.63, 3.8) is 0 Å². The predicted octanol–water partition coefficient (Wildman–Crippen LogP) is 1.12. The summed E-state index contributed by atoms with van der Waals surface area (Å²) in [5, 5.41) is 0. The van der Waals surface area contributed by atoms with Crippen LogP contribution in [0.15, 0.2) is 0 Å². The Kier molecular flexibility index (Phi) is 2.69. The molecular weight excluding hydrogens is 126 g/mol. The second-order valence-electron chi connectivity index (χ2n) is 3.21. The first-order valence-corrected chi connectivity index (χ1v) is 4.04. The Morgan fingerprint density at radius 1 is 1.30 bits per heavy atom. The fourth-order valence-corrected chi connectivity index (χ4v) is 1.18. The predicted molar refractivity (Wildman–Crippen MR) is 42.1 cm³/mol. The minimum atomic E-state index is 0.576. The molecule has 10 heavy (non-hydrogen) atoms. The minimum absolute atomic E-state index is 0.576. The number of hydrogen-bond acceptors (Lipinski definition) is 2. The molecule has 1 saturated heterocycles. The molecule has 0 aliphatic carbocycles. The van der Waals surface area contributed by atoms with Gasteiger partial charge in [-0.2, -0.15) is 0 Å². The topological polar surface area (TPSA) is 15.8 Å². The molecule has 0 bridgehead atoms. The molecule has 1 fully saturated rings. The smallest absolute Gasteiger partial charge is 0.0854 e. The van der Waals surface area contributed by atoms with Crippen LogP contribution in [0.3, 0.4) is 0 Å². The van der Waals surface area contributed by atoms with Gasteiger partial charge >= 0.3 is 0 Å². The van der Waals surface area contributed by atoms with Crippen molar-refractivity contribution in [1.82, 2.24) is 4.90 Å². The molecule has 1 rings (SSSR count). The summed E-state index contributed by atoms with van der Waals surface area (Å²) >= 11 is 0. The zero-order valence-electron chi connectivity index (χ0n) is 7.13. The fraction of sp³-hybridized carbons (Fsp3) is 1.00. The molecule has 0 radical (unpaired) electrons. The van der Waals surface area contributed by atoms with Crippen LogP contribution in [0.2, 0.25) is 0 Å². The zero-order chi connectivity index (χ0) is 7.56. The molecule has 2 heteroatoms. The van der Waals surface area contributed by atoms with Crippen LogP contribution in [0.4, 0.5) is 0 Å². The summed E-state index contributed by atoms with van der Waals surface area (Å²) in [5.74, 6) is 0. The van der Waals surface area contributed by atoms with E-state index in [0.717, 1.165) is 6.54 Å². The van der Waals surface area contributed by atoms with Gasteiger partial charge in [-0.3, -0.25) is 0 Å². The van der Waals surface area contributed by atoms with Crippen LogP contribution in [0, 0.1) is 0 Å². The maximum Gasteiger partial charge on any atom is 0.0854 e. The summed E-state index contributed by atoms with van der Waals surface area (Å²) in [6, 6.07) is 0. The molecule has 0 spiro atoms. The lowest BCUT2D eigenvalue weighted by Gasteiger charge is -2.06. The second kappa shape index (κ2) is 3.35. The van der Waals surface area contributed by atoms with Crippen molar-refractivity contribution in [2.24, 2.45) is 0 Å². The van der Waals surface area contributed by atoms with Crippen molar-refractivity contribution >= 4 is 0 Å². The molecule has 0 aromatic carbocycles. The number of epoxide rings is 1. The lowest BCUT2D eigenvalue weighted by atomic mass is 10.2. The van der Waals surface area contributed by atoms with E-state index in [9.17, 15) is 0 Å². The normalized spacial score (nSPS) is 31.2. The Morgan fingerprint density at radius 2 is 2.00 bits per heavy atom. The highest BCUT2D eigenvalue weighted by molar-refractivity contribution is 4.83. The van der Waals surface area contributed by atoms with Crippen LogP contribution >= 0.6 is 0 Å². The van der Waals surface area contributed by atoms with Crippen LogP contribution in [-0.2, 0) is 4.74 Å². The monoisotopic (exact) mass is 143 g/mol. The Bertz CT molecular complexity index is 103. The van der Waals surface area contributed by atoms with Crippen molar-refractivity contribution in [2.75, 3.05) is 20.6 Å². The Labute approximate surface area is 63.2 Å². The molecule has 0 N–H and O–H groups in total. The summed E-state index contributed by atoms with van der Waals surface area (Å²) in [4.78, 5) is 2.20. The van der Waals surface area contributed by atoms with Crippen LogP contribution in [0.1, 0.15) is 19.8 Å². The number of hydrogen-bond donors (Lipinski definition) is 0. The number of rotatable bonds is 4. The highest BCUT2D eigenvalue weighted by Gasteiger charge is 2.35. The average molecular weight is 143 g/mol. The summed E-state index contributed by atoms with van der Waals surface area (Å²) in [5.41, 5.74) is 0. The molecular formula is C8H17NO. The largest absolute Gasteiger partial charge is 0.370 e. The van der Waals surface area contributed by atoms with Crippen LogP contribution in [0.5, 0.6) is 0 Å². The first-order valence-electron chi connectivity index (χ1n) is 4.04. The quantitative estimate of drug-likeness (QED) is 0.548. The van der Waals surface area contributed by atoms with Gasteiger partial charge in [0.15, 0.2) is 0 Å². The lowest BCUT2D eigenvalue weighted by molar-refractivity contribution is 0.329. The summed E-state index contributed by atoms with van der Waals surface area (Å²) in [7, 11) is 4.20. The van der Waals surface area contributed by atoms with Crippen LogP contribution in [0.25, 0.3) is 0 Å². The molecule has 60 valence electrons. The summed E-state index contributed by atoms with van der Waals surface area (Å²) in [6.45, 7) is 3.33. The lowest BCUT2D eigenvalue weighted by Crippen LogP contribution is -2.15. The van der Waals surface area contributed by atoms with E-state index in [-0.39, 0.29) is 0 Å². The van der Waals surface area contributed by atoms with E-state index in [0.29, 0.717) is 12.2 Å². The van der Waals surface area contributed by atoms with E-state index >= 15 is 0 Å². The van der Waals surface area contributed by atoms with Gasteiger partial charge in [0.25, 0.3) is 0 Å². The maximum atomic E-state index is 5.39. The van der Waals surface area contributed by atoms with Gasteiger partial charge in [-0.25, -0.2) is 0 Å². The van der Waals surface area contributed by atoms with E-state index in [2.05, 4.69) is 25.9 Å². The van der Waals surface area contributed by atoms with E-state index in [1.807, 2.05) is 0 Å². The zero-order valence-corrected chi connectivity index (χ0v) is 7.13. The van der Waals surface area contributed by atoms with Gasteiger partial charge in [-0.15, -0.1) is 0 Å². The number of nitrogens with zero attached hydrogens (tertiary/aromatic N) is 1. The number of ether oxygens (including phenoxy) is 1. The highest BCUT2D eigenvalue weighted by Crippen LogP contribution is 2.27. The maximum absolute atomic E-state index is 5.39. The molecule has 0 amide bonds. The van der Waals surface area contributed by atoms with Gasteiger partial charge in [0.1, 0.15) is 0 Å². The molecule has 0 aromatic rings.